The molecule has 0 saturated carbocycles. The topological polar surface area (TPSA) is 72.5 Å². The lowest BCUT2D eigenvalue weighted by atomic mass is 10.3. The Labute approximate surface area is 84.0 Å². The Morgan fingerprint density at radius 1 is 1.46 bits per heavy atom. The predicted molar refractivity (Wildman–Crippen MR) is 58.4 cm³/mol. The largest absolute Gasteiger partial charge is 0.378 e. The molecule has 2 N–H and O–H groups in total. The van der Waals surface area contributed by atoms with Crippen LogP contribution in [0.5, 0.6) is 0 Å². The number of nitrogens with zero attached hydrogens (tertiary/aromatic N) is 1. The summed E-state index contributed by atoms with van der Waals surface area (Å²) in [4.78, 5) is 0. The van der Waals surface area contributed by atoms with Gasteiger partial charge in [0, 0.05) is 0 Å². The Hall–Kier alpha value is -0.230. The molecule has 78 valence electrons. The Balaban J connectivity index is 4.10. The predicted octanol–water partition coefficient (Wildman–Crippen LogP) is 1.18. The van der Waals surface area contributed by atoms with Crippen molar-refractivity contribution in [3.8, 4) is 0 Å². The lowest BCUT2D eigenvalue weighted by molar-refractivity contribution is 0.593. The third-order valence-corrected chi connectivity index (χ3v) is 3.35. The molecular formula is C7H16N2O2S2. The molecule has 0 radical (unpaired) electrons. The van der Waals surface area contributed by atoms with Gasteiger partial charge in [-0.2, -0.15) is 0 Å². The number of amidine groups is 1. The van der Waals surface area contributed by atoms with Crippen molar-refractivity contribution in [2.45, 2.75) is 26.2 Å². The zero-order valence-electron chi connectivity index (χ0n) is 7.99. The second-order valence-corrected chi connectivity index (χ2v) is 5.21. The lowest BCUT2D eigenvalue weighted by Gasteiger charge is -1.98. The molecule has 0 amide bonds. The van der Waals surface area contributed by atoms with Gasteiger partial charge in [-0.1, -0.05) is 31.5 Å². The van der Waals surface area contributed by atoms with Crippen LogP contribution in [0.15, 0.2) is 4.40 Å². The maximum Gasteiger partial charge on any atom is 0.255 e. The van der Waals surface area contributed by atoms with Crippen molar-refractivity contribution in [3.63, 3.8) is 0 Å². The van der Waals surface area contributed by atoms with Crippen molar-refractivity contribution in [3.05, 3.63) is 0 Å². The van der Waals surface area contributed by atoms with Crippen molar-refractivity contribution >= 4 is 27.0 Å². The number of nitrogens with two attached hydrogens (primary N) is 1. The molecule has 0 aromatic carbocycles. The standard InChI is InChI=1S/C7H16N2O2S2/c1-3-4-5-6-13(10,11)9-7(8)12-2/h3-6H2,1-2H3,(H2,8,9). The minimum Gasteiger partial charge on any atom is -0.378 e. The fourth-order valence-corrected chi connectivity index (χ4v) is 2.33. The van der Waals surface area contributed by atoms with Gasteiger partial charge in [0.2, 0.25) is 0 Å². The highest BCUT2D eigenvalue weighted by Crippen LogP contribution is 2.03. The number of thioether (sulfide) groups is 1. The van der Waals surface area contributed by atoms with E-state index < -0.39 is 10.0 Å². The summed E-state index contributed by atoms with van der Waals surface area (Å²) in [6.07, 6.45) is 4.26. The van der Waals surface area contributed by atoms with E-state index in [1.807, 2.05) is 6.92 Å². The van der Waals surface area contributed by atoms with Crippen LogP contribution >= 0.6 is 11.8 Å². The SMILES string of the molecule is CCCCCS(=O)(=O)N=C(N)SC. The molecule has 0 aromatic rings. The summed E-state index contributed by atoms with van der Waals surface area (Å²) in [5, 5.41) is 0.108. The molecule has 0 spiro atoms. The summed E-state index contributed by atoms with van der Waals surface area (Å²) in [6, 6.07) is 0. The summed E-state index contributed by atoms with van der Waals surface area (Å²) in [5.74, 6) is 0.0993. The molecule has 0 rings (SSSR count). The smallest absolute Gasteiger partial charge is 0.255 e. The minimum absolute atomic E-state index is 0.0993. The highest BCUT2D eigenvalue weighted by Gasteiger charge is 2.07. The van der Waals surface area contributed by atoms with Crippen LogP contribution in [0.2, 0.25) is 0 Å². The van der Waals surface area contributed by atoms with Gasteiger partial charge in [0.15, 0.2) is 5.17 Å². The second-order valence-electron chi connectivity index (χ2n) is 2.63. The highest BCUT2D eigenvalue weighted by atomic mass is 32.2. The Morgan fingerprint density at radius 2 is 2.08 bits per heavy atom. The van der Waals surface area contributed by atoms with Crippen molar-refractivity contribution in [1.82, 2.24) is 0 Å². The zero-order chi connectivity index (χ0) is 10.3. The van der Waals surface area contributed by atoms with Gasteiger partial charge in [-0.05, 0) is 12.7 Å². The van der Waals surface area contributed by atoms with E-state index in [0.29, 0.717) is 6.42 Å². The first kappa shape index (κ1) is 12.8. The van der Waals surface area contributed by atoms with E-state index in [9.17, 15) is 8.42 Å². The van der Waals surface area contributed by atoms with Gasteiger partial charge in [-0.3, -0.25) is 0 Å². The molecule has 0 atom stereocenters. The monoisotopic (exact) mass is 224 g/mol. The molecule has 0 aliphatic heterocycles. The fourth-order valence-electron chi connectivity index (χ4n) is 0.754. The van der Waals surface area contributed by atoms with Gasteiger partial charge in [0.25, 0.3) is 10.0 Å². The van der Waals surface area contributed by atoms with Crippen LogP contribution in [-0.2, 0) is 10.0 Å². The molecule has 13 heavy (non-hydrogen) atoms. The van der Waals surface area contributed by atoms with E-state index in [2.05, 4.69) is 4.40 Å². The Morgan fingerprint density at radius 3 is 2.54 bits per heavy atom. The van der Waals surface area contributed by atoms with Crippen LogP contribution in [0.4, 0.5) is 0 Å². The van der Waals surface area contributed by atoms with Gasteiger partial charge in [-0.15, -0.1) is 4.40 Å². The zero-order valence-corrected chi connectivity index (χ0v) is 9.62. The molecule has 0 heterocycles. The Kier molecular flexibility index (Phi) is 6.15. The molecule has 0 aliphatic rings. The van der Waals surface area contributed by atoms with Gasteiger partial charge >= 0.3 is 0 Å². The number of sulfonamides is 1. The van der Waals surface area contributed by atoms with Crippen LogP contribution in [0, 0.1) is 0 Å². The number of unbranched alkanes of at least 4 members (excludes halogenated alkanes) is 2. The Bertz CT molecular complexity index is 260. The normalized spacial score (nSPS) is 13.2. The molecule has 0 unspecified atom stereocenters. The molecule has 0 aliphatic carbocycles. The second kappa shape index (κ2) is 6.26. The maximum atomic E-state index is 11.2. The summed E-state index contributed by atoms with van der Waals surface area (Å²) in [6.45, 7) is 2.02. The van der Waals surface area contributed by atoms with Gasteiger partial charge in [0.1, 0.15) is 0 Å². The van der Waals surface area contributed by atoms with Crippen LogP contribution in [-0.4, -0.2) is 25.6 Å². The molecule has 0 fully saturated rings. The first-order chi connectivity index (χ1) is 6.02. The third-order valence-electron chi connectivity index (χ3n) is 1.44. The number of hydrogen-bond donors (Lipinski definition) is 1. The van der Waals surface area contributed by atoms with Crippen LogP contribution in [0.1, 0.15) is 26.2 Å². The first-order valence-corrected chi connectivity index (χ1v) is 6.97. The van der Waals surface area contributed by atoms with Gasteiger partial charge in [0.05, 0.1) is 5.75 Å². The van der Waals surface area contributed by atoms with Crippen molar-refractivity contribution in [2.24, 2.45) is 10.1 Å². The molecule has 0 aromatic heterocycles. The maximum absolute atomic E-state index is 11.2. The summed E-state index contributed by atoms with van der Waals surface area (Å²) < 4.78 is 25.8. The van der Waals surface area contributed by atoms with Crippen LogP contribution in [0.25, 0.3) is 0 Å². The lowest BCUT2D eigenvalue weighted by Crippen LogP contribution is -2.12. The molecule has 6 heteroatoms. The van der Waals surface area contributed by atoms with E-state index in [0.717, 1.165) is 24.6 Å². The van der Waals surface area contributed by atoms with Crippen molar-refractivity contribution in [1.29, 1.82) is 0 Å². The highest BCUT2D eigenvalue weighted by molar-refractivity contribution is 8.13. The number of hydrogen-bond acceptors (Lipinski definition) is 3. The molecular weight excluding hydrogens is 208 g/mol. The fraction of sp³-hybridized carbons (Fsp3) is 0.857. The number of rotatable bonds is 5. The van der Waals surface area contributed by atoms with E-state index in [4.69, 9.17) is 5.73 Å². The van der Waals surface area contributed by atoms with Crippen molar-refractivity contribution in [2.75, 3.05) is 12.0 Å². The van der Waals surface area contributed by atoms with Crippen LogP contribution < -0.4 is 5.73 Å². The third kappa shape index (κ3) is 6.89. The molecule has 0 saturated heterocycles. The van der Waals surface area contributed by atoms with E-state index >= 15 is 0 Å². The van der Waals surface area contributed by atoms with Gasteiger partial charge < -0.3 is 5.73 Å². The quantitative estimate of drug-likeness (QED) is 0.432. The average molecular weight is 224 g/mol. The van der Waals surface area contributed by atoms with Crippen molar-refractivity contribution < 1.29 is 8.42 Å². The minimum atomic E-state index is -3.32. The summed E-state index contributed by atoms with van der Waals surface area (Å²) in [5.41, 5.74) is 5.30. The summed E-state index contributed by atoms with van der Waals surface area (Å²) >= 11 is 1.14. The van der Waals surface area contributed by atoms with E-state index in [1.165, 1.54) is 0 Å². The summed E-state index contributed by atoms with van der Waals surface area (Å²) in [7, 11) is -3.32. The average Bonchev–Trinajstić information content (AvgIpc) is 2.03. The van der Waals surface area contributed by atoms with Gasteiger partial charge in [-0.25, -0.2) is 8.42 Å². The molecule has 0 bridgehead atoms. The van der Waals surface area contributed by atoms with E-state index in [1.54, 1.807) is 6.26 Å². The molecule has 4 nitrogen and oxygen atoms in total. The van der Waals surface area contributed by atoms with E-state index in [-0.39, 0.29) is 10.9 Å². The van der Waals surface area contributed by atoms with Crippen LogP contribution in [0.3, 0.4) is 0 Å². The first-order valence-electron chi connectivity index (χ1n) is 4.14.